The van der Waals surface area contributed by atoms with Crippen molar-refractivity contribution < 1.29 is 14.7 Å². The molecule has 1 rings (SSSR count). The van der Waals surface area contributed by atoms with E-state index in [4.69, 9.17) is 5.11 Å². The summed E-state index contributed by atoms with van der Waals surface area (Å²) < 4.78 is 0. The Balaban J connectivity index is 2.39. The largest absolute Gasteiger partial charge is 0.480 e. The van der Waals surface area contributed by atoms with Crippen LogP contribution in [0, 0.1) is 5.92 Å². The van der Waals surface area contributed by atoms with Crippen molar-refractivity contribution in [3.8, 4) is 0 Å². The van der Waals surface area contributed by atoms with Gasteiger partial charge < -0.3 is 20.2 Å². The molecule has 0 spiro atoms. The number of carboxylic acids is 1. The molecule has 0 aromatic carbocycles. The normalized spacial score (nSPS) is 18.2. The molecule has 0 aromatic heterocycles. The van der Waals surface area contributed by atoms with E-state index < -0.39 is 12.0 Å². The van der Waals surface area contributed by atoms with Crippen molar-refractivity contribution in [2.45, 2.75) is 25.3 Å². The SMILES string of the molecule is CSCC[C@H](NC(=O)N(C)CC1CCN(C)CC1)C(=O)O. The molecule has 0 unspecified atom stereocenters. The van der Waals surface area contributed by atoms with Crippen LogP contribution in [0.2, 0.25) is 0 Å². The lowest BCUT2D eigenvalue weighted by atomic mass is 9.97. The summed E-state index contributed by atoms with van der Waals surface area (Å²) in [5.74, 6) is 0.257. The Morgan fingerprint density at radius 2 is 2.05 bits per heavy atom. The monoisotopic (exact) mass is 317 g/mol. The number of nitrogens with one attached hydrogen (secondary N) is 1. The molecule has 1 heterocycles. The number of carboxylic acid groups (broad SMARTS) is 1. The third-order valence-electron chi connectivity index (χ3n) is 3.92. The first kappa shape index (κ1) is 18.1. The van der Waals surface area contributed by atoms with Crippen LogP contribution in [0.3, 0.4) is 0 Å². The number of thioether (sulfide) groups is 1. The fraction of sp³-hybridized carbons (Fsp3) is 0.857. The van der Waals surface area contributed by atoms with E-state index in [1.54, 1.807) is 23.7 Å². The Morgan fingerprint density at radius 1 is 1.43 bits per heavy atom. The number of hydrogen-bond donors (Lipinski definition) is 2. The van der Waals surface area contributed by atoms with E-state index in [1.165, 1.54) is 0 Å². The van der Waals surface area contributed by atoms with E-state index >= 15 is 0 Å². The van der Waals surface area contributed by atoms with Crippen LogP contribution in [0.15, 0.2) is 0 Å². The molecule has 0 bridgehead atoms. The standard InChI is InChI=1S/C14H27N3O3S/c1-16-7-4-11(5-8-16)10-17(2)14(20)15-12(13(18)19)6-9-21-3/h11-12H,4-10H2,1-3H3,(H,15,20)(H,18,19)/t12-/m0/s1. The van der Waals surface area contributed by atoms with Crippen LogP contribution in [0.4, 0.5) is 4.79 Å². The fourth-order valence-corrected chi connectivity index (χ4v) is 2.94. The van der Waals surface area contributed by atoms with Gasteiger partial charge >= 0.3 is 12.0 Å². The van der Waals surface area contributed by atoms with Crippen LogP contribution < -0.4 is 5.32 Å². The van der Waals surface area contributed by atoms with Gasteiger partial charge in [0.2, 0.25) is 0 Å². The molecule has 0 saturated carbocycles. The van der Waals surface area contributed by atoms with Crippen molar-refractivity contribution in [1.82, 2.24) is 15.1 Å². The van der Waals surface area contributed by atoms with Crippen LogP contribution in [0.1, 0.15) is 19.3 Å². The third-order valence-corrected chi connectivity index (χ3v) is 4.57. The molecule has 21 heavy (non-hydrogen) atoms. The Bertz CT molecular complexity index is 346. The number of urea groups is 1. The van der Waals surface area contributed by atoms with E-state index in [-0.39, 0.29) is 6.03 Å². The number of hydrogen-bond acceptors (Lipinski definition) is 4. The Hall–Kier alpha value is -0.950. The maximum absolute atomic E-state index is 12.1. The van der Waals surface area contributed by atoms with Gasteiger partial charge in [-0.05, 0) is 57.3 Å². The number of piperidine rings is 1. The van der Waals surface area contributed by atoms with E-state index in [0.29, 0.717) is 18.9 Å². The summed E-state index contributed by atoms with van der Waals surface area (Å²) >= 11 is 1.58. The number of aliphatic carboxylic acids is 1. The summed E-state index contributed by atoms with van der Waals surface area (Å²) in [4.78, 5) is 27.1. The van der Waals surface area contributed by atoms with Crippen LogP contribution in [-0.2, 0) is 4.79 Å². The van der Waals surface area contributed by atoms with Crippen molar-refractivity contribution in [3.63, 3.8) is 0 Å². The molecule has 6 nitrogen and oxygen atoms in total. The van der Waals surface area contributed by atoms with E-state index in [2.05, 4.69) is 17.3 Å². The zero-order valence-corrected chi connectivity index (χ0v) is 14.0. The minimum absolute atomic E-state index is 0.289. The quantitative estimate of drug-likeness (QED) is 0.737. The molecule has 1 aliphatic heterocycles. The van der Waals surface area contributed by atoms with Crippen LogP contribution in [-0.4, -0.2) is 78.7 Å². The number of nitrogens with zero attached hydrogens (tertiary/aromatic N) is 2. The van der Waals surface area contributed by atoms with Gasteiger partial charge in [-0.1, -0.05) is 0 Å². The van der Waals surface area contributed by atoms with Crippen molar-refractivity contribution in [2.75, 3.05) is 45.7 Å². The molecule has 1 aliphatic rings. The van der Waals surface area contributed by atoms with E-state index in [9.17, 15) is 9.59 Å². The number of carbonyl (C=O) groups is 2. The second-order valence-corrected chi connectivity index (χ2v) is 6.73. The fourth-order valence-electron chi connectivity index (χ4n) is 2.47. The van der Waals surface area contributed by atoms with Gasteiger partial charge in [-0.15, -0.1) is 0 Å². The lowest BCUT2D eigenvalue weighted by Crippen LogP contribution is -2.48. The summed E-state index contributed by atoms with van der Waals surface area (Å²) in [5, 5.41) is 11.7. The van der Waals surface area contributed by atoms with Crippen molar-refractivity contribution in [3.05, 3.63) is 0 Å². The highest BCUT2D eigenvalue weighted by Crippen LogP contribution is 2.16. The topological polar surface area (TPSA) is 72.9 Å². The lowest BCUT2D eigenvalue weighted by Gasteiger charge is -2.32. The molecule has 7 heteroatoms. The van der Waals surface area contributed by atoms with Gasteiger partial charge in [0.25, 0.3) is 0 Å². The van der Waals surface area contributed by atoms with E-state index in [1.807, 2.05) is 6.26 Å². The zero-order chi connectivity index (χ0) is 15.8. The first-order chi connectivity index (χ1) is 9.93. The number of likely N-dealkylation sites (tertiary alicyclic amines) is 1. The summed E-state index contributed by atoms with van der Waals surface area (Å²) in [7, 11) is 3.84. The summed E-state index contributed by atoms with van der Waals surface area (Å²) in [6, 6.07) is -1.09. The first-order valence-electron chi connectivity index (χ1n) is 7.36. The summed E-state index contributed by atoms with van der Waals surface area (Å²) in [5.41, 5.74) is 0. The lowest BCUT2D eigenvalue weighted by molar-refractivity contribution is -0.139. The molecule has 2 amide bonds. The Morgan fingerprint density at radius 3 is 2.57 bits per heavy atom. The smallest absolute Gasteiger partial charge is 0.326 e. The second kappa shape index (κ2) is 9.15. The van der Waals surface area contributed by atoms with Gasteiger partial charge in [0, 0.05) is 13.6 Å². The predicted molar refractivity (Wildman–Crippen MR) is 85.8 cm³/mol. The van der Waals surface area contributed by atoms with Crippen molar-refractivity contribution in [2.24, 2.45) is 5.92 Å². The van der Waals surface area contributed by atoms with E-state index in [0.717, 1.165) is 31.7 Å². The minimum Gasteiger partial charge on any atom is -0.480 e. The van der Waals surface area contributed by atoms with Gasteiger partial charge in [0.1, 0.15) is 6.04 Å². The van der Waals surface area contributed by atoms with Crippen molar-refractivity contribution in [1.29, 1.82) is 0 Å². The molecule has 1 fully saturated rings. The summed E-state index contributed by atoms with van der Waals surface area (Å²) in [6.45, 7) is 2.81. The van der Waals surface area contributed by atoms with Gasteiger partial charge in [0.05, 0.1) is 0 Å². The second-order valence-electron chi connectivity index (χ2n) is 5.75. The molecule has 122 valence electrons. The average Bonchev–Trinajstić information content (AvgIpc) is 2.45. The maximum Gasteiger partial charge on any atom is 0.326 e. The highest BCUT2D eigenvalue weighted by molar-refractivity contribution is 7.98. The highest BCUT2D eigenvalue weighted by Gasteiger charge is 2.24. The molecule has 1 saturated heterocycles. The molecule has 2 N–H and O–H groups in total. The first-order valence-corrected chi connectivity index (χ1v) is 8.75. The van der Waals surface area contributed by atoms with Crippen molar-refractivity contribution >= 4 is 23.8 Å². The Kier molecular flexibility index (Phi) is 7.88. The molecule has 0 aliphatic carbocycles. The minimum atomic E-state index is -0.968. The molecular formula is C14H27N3O3S. The number of carbonyl (C=O) groups excluding carboxylic acids is 1. The van der Waals surface area contributed by atoms with Gasteiger partial charge in [-0.3, -0.25) is 0 Å². The number of amides is 2. The molecular weight excluding hydrogens is 290 g/mol. The molecule has 0 aromatic rings. The van der Waals surface area contributed by atoms with Crippen LogP contribution in [0.25, 0.3) is 0 Å². The zero-order valence-electron chi connectivity index (χ0n) is 13.2. The molecule has 1 atom stereocenters. The van der Waals surface area contributed by atoms with Gasteiger partial charge in [0.15, 0.2) is 0 Å². The van der Waals surface area contributed by atoms with Crippen LogP contribution in [0.5, 0.6) is 0 Å². The average molecular weight is 317 g/mol. The van der Waals surface area contributed by atoms with Gasteiger partial charge in [-0.25, -0.2) is 9.59 Å². The maximum atomic E-state index is 12.1. The van der Waals surface area contributed by atoms with Gasteiger partial charge in [-0.2, -0.15) is 11.8 Å². The summed E-state index contributed by atoms with van der Waals surface area (Å²) in [6.07, 6.45) is 4.54. The predicted octanol–water partition coefficient (Wildman–Crippen LogP) is 1.18. The van der Waals surface area contributed by atoms with Crippen LogP contribution >= 0.6 is 11.8 Å². The Labute approximate surface area is 131 Å². The third kappa shape index (κ3) is 6.56. The molecule has 0 radical (unpaired) electrons. The highest BCUT2D eigenvalue weighted by atomic mass is 32.2. The number of rotatable bonds is 7.